The number of rotatable bonds is 3. The van der Waals surface area contributed by atoms with Crippen LogP contribution in [0.25, 0.3) is 0 Å². The average Bonchev–Trinajstić information content (AvgIpc) is 2.86. The van der Waals surface area contributed by atoms with Gasteiger partial charge in [0.15, 0.2) is 0 Å². The summed E-state index contributed by atoms with van der Waals surface area (Å²) < 4.78 is 0. The van der Waals surface area contributed by atoms with Crippen LogP contribution < -0.4 is 10.9 Å². The lowest BCUT2D eigenvalue weighted by atomic mass is 10.2. The van der Waals surface area contributed by atoms with E-state index in [1.807, 2.05) is 19.9 Å². The standard InChI is InChI=1S/C13H14N4O2S/c1-3-10-8(2)6-11(20-10)13(19)17-16-12(18)9-7-14-4-5-15-9/h4-7H,3H2,1-2H3,(H,16,18)(H,17,19). The number of aromatic nitrogens is 2. The van der Waals surface area contributed by atoms with Crippen LogP contribution in [0.2, 0.25) is 0 Å². The highest BCUT2D eigenvalue weighted by Crippen LogP contribution is 2.21. The van der Waals surface area contributed by atoms with Crippen LogP contribution in [0, 0.1) is 6.92 Å². The third-order valence-electron chi connectivity index (χ3n) is 2.65. The van der Waals surface area contributed by atoms with Crippen molar-refractivity contribution in [1.29, 1.82) is 0 Å². The number of amides is 2. The van der Waals surface area contributed by atoms with Crippen molar-refractivity contribution in [3.05, 3.63) is 45.7 Å². The average molecular weight is 290 g/mol. The lowest BCUT2D eigenvalue weighted by Crippen LogP contribution is -2.41. The minimum absolute atomic E-state index is 0.143. The van der Waals surface area contributed by atoms with Gasteiger partial charge in [-0.25, -0.2) is 4.98 Å². The van der Waals surface area contributed by atoms with E-state index in [0.29, 0.717) is 4.88 Å². The third kappa shape index (κ3) is 3.18. The topological polar surface area (TPSA) is 84.0 Å². The van der Waals surface area contributed by atoms with Gasteiger partial charge in [0.1, 0.15) is 5.69 Å². The second-order valence-corrected chi connectivity index (χ2v) is 5.21. The van der Waals surface area contributed by atoms with Gasteiger partial charge in [0.25, 0.3) is 11.8 Å². The number of hydrazine groups is 1. The van der Waals surface area contributed by atoms with Crippen LogP contribution in [0.5, 0.6) is 0 Å². The Morgan fingerprint density at radius 3 is 2.60 bits per heavy atom. The normalized spacial score (nSPS) is 10.1. The molecule has 6 nitrogen and oxygen atoms in total. The lowest BCUT2D eigenvalue weighted by Gasteiger charge is -2.04. The molecule has 2 amide bonds. The quantitative estimate of drug-likeness (QED) is 0.839. The van der Waals surface area contributed by atoms with Crippen molar-refractivity contribution >= 4 is 23.2 Å². The molecule has 0 aliphatic rings. The van der Waals surface area contributed by atoms with Gasteiger partial charge in [-0.2, -0.15) is 0 Å². The van der Waals surface area contributed by atoms with E-state index in [4.69, 9.17) is 0 Å². The predicted molar refractivity (Wildman–Crippen MR) is 75.4 cm³/mol. The SMILES string of the molecule is CCc1sc(C(=O)NNC(=O)c2cnccn2)cc1C. The highest BCUT2D eigenvalue weighted by atomic mass is 32.1. The molecule has 2 N–H and O–H groups in total. The van der Waals surface area contributed by atoms with E-state index in [-0.39, 0.29) is 11.6 Å². The second kappa shape index (κ2) is 6.25. The van der Waals surface area contributed by atoms with E-state index in [1.54, 1.807) is 0 Å². The van der Waals surface area contributed by atoms with Gasteiger partial charge in [0.2, 0.25) is 0 Å². The molecule has 0 bridgehead atoms. The van der Waals surface area contributed by atoms with E-state index < -0.39 is 5.91 Å². The molecular weight excluding hydrogens is 276 g/mol. The number of nitrogens with one attached hydrogen (secondary N) is 2. The molecule has 20 heavy (non-hydrogen) atoms. The number of nitrogens with zero attached hydrogens (tertiary/aromatic N) is 2. The van der Waals surface area contributed by atoms with E-state index >= 15 is 0 Å². The molecule has 0 saturated carbocycles. The van der Waals surface area contributed by atoms with Gasteiger partial charge in [0.05, 0.1) is 11.1 Å². The van der Waals surface area contributed by atoms with Crippen LogP contribution in [0.4, 0.5) is 0 Å². The molecule has 2 heterocycles. The fourth-order valence-corrected chi connectivity index (χ4v) is 2.65. The molecular formula is C13H14N4O2S. The van der Waals surface area contributed by atoms with Crippen molar-refractivity contribution in [3.63, 3.8) is 0 Å². The highest BCUT2D eigenvalue weighted by molar-refractivity contribution is 7.14. The van der Waals surface area contributed by atoms with Crippen LogP contribution >= 0.6 is 11.3 Å². The van der Waals surface area contributed by atoms with E-state index in [2.05, 4.69) is 20.8 Å². The molecule has 0 aromatic carbocycles. The molecule has 2 aromatic rings. The first-order valence-corrected chi connectivity index (χ1v) is 6.89. The fraction of sp³-hybridized carbons (Fsp3) is 0.231. The van der Waals surface area contributed by atoms with Crippen LogP contribution in [0.3, 0.4) is 0 Å². The maximum Gasteiger partial charge on any atom is 0.289 e. The Labute approximate surface area is 120 Å². The summed E-state index contributed by atoms with van der Waals surface area (Å²) in [5.74, 6) is -0.842. The lowest BCUT2D eigenvalue weighted by molar-refractivity contribution is 0.0846. The zero-order valence-corrected chi connectivity index (χ0v) is 12.0. The number of hydrogen-bond donors (Lipinski definition) is 2. The van der Waals surface area contributed by atoms with Gasteiger partial charge < -0.3 is 0 Å². The minimum Gasteiger partial charge on any atom is -0.266 e. The van der Waals surface area contributed by atoms with Crippen molar-refractivity contribution in [2.45, 2.75) is 20.3 Å². The third-order valence-corrected chi connectivity index (χ3v) is 4.03. The van der Waals surface area contributed by atoms with Gasteiger partial charge in [-0.15, -0.1) is 11.3 Å². The Bertz CT molecular complexity index is 625. The Morgan fingerprint density at radius 1 is 1.25 bits per heavy atom. The maximum absolute atomic E-state index is 11.9. The van der Waals surface area contributed by atoms with Crippen molar-refractivity contribution < 1.29 is 9.59 Å². The summed E-state index contributed by atoms with van der Waals surface area (Å²) in [5, 5.41) is 0. The molecule has 104 valence electrons. The van der Waals surface area contributed by atoms with Gasteiger partial charge in [-0.3, -0.25) is 25.4 Å². The Kier molecular flexibility index (Phi) is 4.41. The molecule has 2 aromatic heterocycles. The summed E-state index contributed by atoms with van der Waals surface area (Å²) in [6, 6.07) is 1.81. The molecule has 7 heteroatoms. The van der Waals surface area contributed by atoms with Crippen molar-refractivity contribution in [1.82, 2.24) is 20.8 Å². The monoisotopic (exact) mass is 290 g/mol. The first kappa shape index (κ1) is 14.1. The Hall–Kier alpha value is -2.28. The first-order chi connectivity index (χ1) is 9.61. The van der Waals surface area contributed by atoms with E-state index in [1.165, 1.54) is 29.9 Å². The molecule has 0 radical (unpaired) electrons. The summed E-state index contributed by atoms with van der Waals surface area (Å²) in [7, 11) is 0. The second-order valence-electron chi connectivity index (χ2n) is 4.07. The van der Waals surface area contributed by atoms with Crippen LogP contribution in [0.1, 0.15) is 37.5 Å². The minimum atomic E-state index is -0.504. The summed E-state index contributed by atoms with van der Waals surface area (Å²) in [5.41, 5.74) is 5.90. The molecule has 0 atom stereocenters. The summed E-state index contributed by atoms with van der Waals surface area (Å²) >= 11 is 1.42. The summed E-state index contributed by atoms with van der Waals surface area (Å²) in [4.78, 5) is 32.9. The van der Waals surface area contributed by atoms with Gasteiger partial charge in [-0.1, -0.05) is 6.92 Å². The highest BCUT2D eigenvalue weighted by Gasteiger charge is 2.13. The molecule has 0 fully saturated rings. The van der Waals surface area contributed by atoms with Gasteiger partial charge in [-0.05, 0) is 25.0 Å². The number of aryl methyl sites for hydroxylation is 2. The molecule has 0 aliphatic carbocycles. The Balaban J connectivity index is 1.97. The van der Waals surface area contributed by atoms with Gasteiger partial charge >= 0.3 is 0 Å². The predicted octanol–water partition coefficient (Wildman–Crippen LogP) is 1.48. The maximum atomic E-state index is 11.9. The summed E-state index contributed by atoms with van der Waals surface area (Å²) in [6.45, 7) is 4.00. The van der Waals surface area contributed by atoms with Gasteiger partial charge in [0, 0.05) is 17.3 Å². The number of carbonyl (C=O) groups excluding carboxylic acids is 2. The fourth-order valence-electron chi connectivity index (χ4n) is 1.64. The van der Waals surface area contributed by atoms with E-state index in [0.717, 1.165) is 16.9 Å². The summed E-state index contributed by atoms with van der Waals surface area (Å²) in [6.07, 6.45) is 5.09. The first-order valence-electron chi connectivity index (χ1n) is 6.07. The molecule has 0 unspecified atom stereocenters. The number of carbonyl (C=O) groups is 2. The van der Waals surface area contributed by atoms with E-state index in [9.17, 15) is 9.59 Å². The molecule has 2 rings (SSSR count). The Morgan fingerprint density at radius 2 is 2.00 bits per heavy atom. The zero-order valence-electron chi connectivity index (χ0n) is 11.1. The van der Waals surface area contributed by atoms with Crippen LogP contribution in [-0.4, -0.2) is 21.8 Å². The zero-order chi connectivity index (χ0) is 14.5. The van der Waals surface area contributed by atoms with Crippen molar-refractivity contribution in [2.24, 2.45) is 0 Å². The largest absolute Gasteiger partial charge is 0.289 e. The van der Waals surface area contributed by atoms with Crippen molar-refractivity contribution in [2.75, 3.05) is 0 Å². The number of thiophene rings is 1. The molecule has 0 saturated heterocycles. The van der Waals surface area contributed by atoms with Crippen LogP contribution in [-0.2, 0) is 6.42 Å². The number of hydrogen-bond acceptors (Lipinski definition) is 5. The van der Waals surface area contributed by atoms with Crippen molar-refractivity contribution in [3.8, 4) is 0 Å². The molecule has 0 aliphatic heterocycles. The smallest absolute Gasteiger partial charge is 0.266 e. The van der Waals surface area contributed by atoms with Crippen LogP contribution in [0.15, 0.2) is 24.7 Å². The molecule has 0 spiro atoms.